The zero-order valence-corrected chi connectivity index (χ0v) is 18.0. The number of aromatic amines is 1. The van der Waals surface area contributed by atoms with Gasteiger partial charge in [0.05, 0.1) is 32.6 Å². The molecule has 0 atom stereocenters. The van der Waals surface area contributed by atoms with E-state index in [4.69, 9.17) is 19.2 Å². The molecule has 3 aromatic rings. The minimum Gasteiger partial charge on any atom is -0.378 e. The second kappa shape index (κ2) is 10.1. The van der Waals surface area contributed by atoms with Crippen molar-refractivity contribution in [2.24, 2.45) is 5.10 Å². The minimum absolute atomic E-state index is 0.185. The Morgan fingerprint density at radius 3 is 2.84 bits per heavy atom. The van der Waals surface area contributed by atoms with Crippen molar-refractivity contribution in [3.63, 3.8) is 0 Å². The number of fused-ring (bicyclic) bond motifs is 1. The van der Waals surface area contributed by atoms with Gasteiger partial charge in [0.1, 0.15) is 11.6 Å². The lowest BCUT2D eigenvalue weighted by Crippen LogP contribution is -2.37. The number of para-hydroxylation sites is 1. The number of H-pyrrole nitrogens is 1. The highest BCUT2D eigenvalue weighted by molar-refractivity contribution is 5.99. The molecule has 2 aromatic heterocycles. The van der Waals surface area contributed by atoms with Crippen molar-refractivity contribution in [1.29, 1.82) is 0 Å². The maximum atomic E-state index is 5.67. The molecule has 32 heavy (non-hydrogen) atoms. The lowest BCUT2D eigenvalue weighted by atomic mass is 10.2. The largest absolute Gasteiger partial charge is 0.378 e. The molecular weight excluding hydrogens is 408 g/mol. The van der Waals surface area contributed by atoms with Crippen LogP contribution >= 0.6 is 0 Å². The topological polar surface area (TPSA) is 96.9 Å². The van der Waals surface area contributed by atoms with Crippen molar-refractivity contribution in [3.8, 4) is 0 Å². The number of benzene rings is 1. The number of hydrogen-bond acceptors (Lipinski definition) is 8. The van der Waals surface area contributed by atoms with E-state index in [2.05, 4.69) is 31.5 Å². The Balaban J connectivity index is 1.32. The molecule has 1 aromatic carbocycles. The second-order valence-corrected chi connectivity index (χ2v) is 7.85. The molecule has 0 spiro atoms. The van der Waals surface area contributed by atoms with Crippen LogP contribution in [0.5, 0.6) is 0 Å². The predicted molar refractivity (Wildman–Crippen MR) is 123 cm³/mol. The fourth-order valence-corrected chi connectivity index (χ4v) is 3.93. The van der Waals surface area contributed by atoms with E-state index in [1.165, 1.54) is 0 Å². The number of nitrogens with zero attached hydrogens (tertiary/aromatic N) is 4. The zero-order valence-electron chi connectivity index (χ0n) is 18.0. The Kier molecular flexibility index (Phi) is 6.57. The molecule has 0 unspecified atom stereocenters. The molecular formula is C23H28N6O3. The zero-order chi connectivity index (χ0) is 21.6. The van der Waals surface area contributed by atoms with Gasteiger partial charge in [0.15, 0.2) is 12.1 Å². The smallest absolute Gasteiger partial charge is 0.158 e. The number of rotatable bonds is 7. The molecule has 4 heterocycles. The van der Waals surface area contributed by atoms with Gasteiger partial charge in [-0.1, -0.05) is 18.2 Å². The van der Waals surface area contributed by atoms with E-state index in [0.717, 1.165) is 67.3 Å². The molecule has 2 N–H and O–H groups in total. The normalized spacial score (nSPS) is 17.9. The molecule has 0 saturated carbocycles. The molecule has 5 rings (SSSR count). The van der Waals surface area contributed by atoms with Crippen LogP contribution in [0.15, 0.2) is 41.6 Å². The van der Waals surface area contributed by atoms with Gasteiger partial charge in [0.2, 0.25) is 0 Å². The van der Waals surface area contributed by atoms with Gasteiger partial charge in [-0.2, -0.15) is 5.10 Å². The second-order valence-electron chi connectivity index (χ2n) is 7.85. The van der Waals surface area contributed by atoms with Gasteiger partial charge >= 0.3 is 0 Å². The first kappa shape index (κ1) is 20.9. The van der Waals surface area contributed by atoms with Gasteiger partial charge in [0.25, 0.3) is 0 Å². The van der Waals surface area contributed by atoms with Gasteiger partial charge in [0, 0.05) is 54.7 Å². The van der Waals surface area contributed by atoms with Gasteiger partial charge in [-0.25, -0.2) is 9.97 Å². The SMILES string of the molecule is C(=N\Nc1cc(N2CCOCC2)nc(CCC2OCCCO2)n1)/c1c[nH]c2ccccc12. The Labute approximate surface area is 186 Å². The number of hydrazone groups is 1. The van der Waals surface area contributed by atoms with Crippen LogP contribution in [-0.4, -0.2) is 67.0 Å². The summed E-state index contributed by atoms with van der Waals surface area (Å²) < 4.78 is 16.8. The monoisotopic (exact) mass is 436 g/mol. The third kappa shape index (κ3) is 5.07. The van der Waals surface area contributed by atoms with Crippen LogP contribution in [0.1, 0.15) is 24.2 Å². The molecule has 0 aliphatic carbocycles. The number of hydrogen-bond donors (Lipinski definition) is 2. The summed E-state index contributed by atoms with van der Waals surface area (Å²) in [6.45, 7) is 4.51. The summed E-state index contributed by atoms with van der Waals surface area (Å²) in [5, 5.41) is 5.56. The highest BCUT2D eigenvalue weighted by Gasteiger charge is 2.18. The Morgan fingerprint density at radius 2 is 1.97 bits per heavy atom. The van der Waals surface area contributed by atoms with Gasteiger partial charge < -0.3 is 24.1 Å². The molecule has 2 aliphatic rings. The number of aryl methyl sites for hydroxylation is 1. The summed E-state index contributed by atoms with van der Waals surface area (Å²) in [5.41, 5.74) is 5.19. The fourth-order valence-electron chi connectivity index (χ4n) is 3.93. The first-order valence-corrected chi connectivity index (χ1v) is 11.1. The molecule has 168 valence electrons. The summed E-state index contributed by atoms with van der Waals surface area (Å²) in [6.07, 6.45) is 5.91. The number of anilines is 2. The summed E-state index contributed by atoms with van der Waals surface area (Å²) in [6, 6.07) is 10.1. The predicted octanol–water partition coefficient (Wildman–Crippen LogP) is 2.94. The summed E-state index contributed by atoms with van der Waals surface area (Å²) in [4.78, 5) is 15.0. The third-order valence-corrected chi connectivity index (χ3v) is 5.60. The Morgan fingerprint density at radius 1 is 1.12 bits per heavy atom. The molecule has 0 radical (unpaired) electrons. The highest BCUT2D eigenvalue weighted by atomic mass is 16.7. The average Bonchev–Trinajstić information content (AvgIpc) is 3.27. The first-order chi connectivity index (χ1) is 15.8. The Bertz CT molecular complexity index is 1060. The number of nitrogens with one attached hydrogen (secondary N) is 2. The van der Waals surface area contributed by atoms with Crippen LogP contribution < -0.4 is 10.3 Å². The van der Waals surface area contributed by atoms with Crippen molar-refractivity contribution in [3.05, 3.63) is 47.9 Å². The van der Waals surface area contributed by atoms with Crippen LogP contribution in [0.2, 0.25) is 0 Å². The lowest BCUT2D eigenvalue weighted by Gasteiger charge is -2.28. The quantitative estimate of drug-likeness (QED) is 0.434. The van der Waals surface area contributed by atoms with Crippen molar-refractivity contribution in [1.82, 2.24) is 15.0 Å². The molecule has 2 fully saturated rings. The van der Waals surface area contributed by atoms with Crippen LogP contribution in [0.25, 0.3) is 10.9 Å². The summed E-state index contributed by atoms with van der Waals surface area (Å²) in [5.74, 6) is 2.29. The molecule has 9 heteroatoms. The van der Waals surface area contributed by atoms with Crippen molar-refractivity contribution >= 4 is 28.8 Å². The number of ether oxygens (including phenoxy) is 3. The Hall–Kier alpha value is -3.01. The highest BCUT2D eigenvalue weighted by Crippen LogP contribution is 2.20. The molecule has 0 amide bonds. The van der Waals surface area contributed by atoms with Crippen molar-refractivity contribution in [2.45, 2.75) is 25.6 Å². The van der Waals surface area contributed by atoms with E-state index in [9.17, 15) is 0 Å². The van der Waals surface area contributed by atoms with E-state index in [-0.39, 0.29) is 6.29 Å². The first-order valence-electron chi connectivity index (χ1n) is 11.1. The van der Waals surface area contributed by atoms with E-state index in [1.807, 2.05) is 30.5 Å². The summed E-state index contributed by atoms with van der Waals surface area (Å²) >= 11 is 0. The molecule has 2 saturated heterocycles. The molecule has 0 bridgehead atoms. The lowest BCUT2D eigenvalue weighted by molar-refractivity contribution is -0.180. The van der Waals surface area contributed by atoms with E-state index in [0.29, 0.717) is 25.5 Å². The summed E-state index contributed by atoms with van der Waals surface area (Å²) in [7, 11) is 0. The molecule has 2 aliphatic heterocycles. The molecule has 9 nitrogen and oxygen atoms in total. The number of morpholine rings is 1. The van der Waals surface area contributed by atoms with Crippen molar-refractivity contribution in [2.75, 3.05) is 49.8 Å². The van der Waals surface area contributed by atoms with Crippen LogP contribution in [0, 0.1) is 0 Å². The van der Waals surface area contributed by atoms with Gasteiger partial charge in [-0.3, -0.25) is 5.43 Å². The van der Waals surface area contributed by atoms with E-state index < -0.39 is 0 Å². The standard InChI is InChI=1S/C23H28N6O3/c1-2-5-19-18(4-1)17(15-24-19)16-25-28-21-14-22(29-8-12-30-13-9-29)27-20(26-21)6-7-23-31-10-3-11-32-23/h1-2,4-5,14-16,23-24H,3,6-13H2,(H,26,27,28)/b25-16+. The fraction of sp³-hybridized carbons (Fsp3) is 0.435. The van der Waals surface area contributed by atoms with E-state index >= 15 is 0 Å². The van der Waals surface area contributed by atoms with Gasteiger partial charge in [-0.15, -0.1) is 0 Å². The third-order valence-electron chi connectivity index (χ3n) is 5.60. The van der Waals surface area contributed by atoms with Crippen molar-refractivity contribution < 1.29 is 14.2 Å². The maximum Gasteiger partial charge on any atom is 0.158 e. The van der Waals surface area contributed by atoms with Crippen LogP contribution in [0.3, 0.4) is 0 Å². The van der Waals surface area contributed by atoms with Crippen LogP contribution in [-0.2, 0) is 20.6 Å². The van der Waals surface area contributed by atoms with E-state index in [1.54, 1.807) is 6.21 Å². The van der Waals surface area contributed by atoms with Crippen LogP contribution in [0.4, 0.5) is 11.6 Å². The number of aromatic nitrogens is 3. The maximum absolute atomic E-state index is 5.67. The average molecular weight is 437 g/mol. The van der Waals surface area contributed by atoms with Gasteiger partial charge in [-0.05, 0) is 12.5 Å². The minimum atomic E-state index is -0.185.